The molecule has 23 heavy (non-hydrogen) atoms. The van der Waals surface area contributed by atoms with E-state index in [1.165, 1.54) is 0 Å². The molecule has 0 atom stereocenters. The maximum Gasteiger partial charge on any atom is 0.262 e. The van der Waals surface area contributed by atoms with Crippen LogP contribution in [-0.2, 0) is 4.79 Å². The van der Waals surface area contributed by atoms with Crippen LogP contribution in [0.5, 0.6) is 5.75 Å². The number of hydrogen-bond donors (Lipinski definition) is 1. The Kier molecular flexibility index (Phi) is 5.67. The van der Waals surface area contributed by atoms with Crippen LogP contribution in [0.1, 0.15) is 36.5 Å². The van der Waals surface area contributed by atoms with Gasteiger partial charge in [0.25, 0.3) is 5.91 Å². The second-order valence-electron chi connectivity index (χ2n) is 5.94. The summed E-state index contributed by atoms with van der Waals surface area (Å²) in [6.07, 6.45) is 0. The van der Waals surface area contributed by atoms with Crippen molar-refractivity contribution in [3.8, 4) is 5.75 Å². The molecule has 0 fully saturated rings. The first-order chi connectivity index (χ1) is 10.9. The van der Waals surface area contributed by atoms with Crippen LogP contribution in [0, 0.1) is 13.8 Å². The number of aryl methyl sites for hydroxylation is 2. The lowest BCUT2D eigenvalue weighted by molar-refractivity contribution is -0.118. The molecule has 3 nitrogen and oxygen atoms in total. The van der Waals surface area contributed by atoms with Crippen LogP contribution in [0.2, 0.25) is 5.02 Å². The molecule has 1 N–H and O–H groups in total. The van der Waals surface area contributed by atoms with Gasteiger partial charge < -0.3 is 10.1 Å². The Morgan fingerprint density at radius 3 is 2.57 bits per heavy atom. The van der Waals surface area contributed by atoms with Crippen LogP contribution < -0.4 is 10.1 Å². The fraction of sp³-hybridized carbons (Fsp3) is 0.316. The predicted octanol–water partition coefficient (Wildman–Crippen LogP) is 5.10. The highest BCUT2D eigenvalue weighted by atomic mass is 35.5. The summed E-state index contributed by atoms with van der Waals surface area (Å²) >= 11 is 5.92. The van der Waals surface area contributed by atoms with Crippen molar-refractivity contribution >= 4 is 23.2 Å². The van der Waals surface area contributed by atoms with Gasteiger partial charge in [0.1, 0.15) is 5.75 Å². The molecule has 0 saturated carbocycles. The van der Waals surface area contributed by atoms with Gasteiger partial charge in [-0.25, -0.2) is 0 Å². The summed E-state index contributed by atoms with van der Waals surface area (Å²) in [6, 6.07) is 11.4. The number of rotatable bonds is 5. The predicted molar refractivity (Wildman–Crippen MR) is 95.6 cm³/mol. The van der Waals surface area contributed by atoms with E-state index >= 15 is 0 Å². The molecule has 0 spiro atoms. The minimum absolute atomic E-state index is 0.0334. The summed E-state index contributed by atoms with van der Waals surface area (Å²) in [7, 11) is 0. The number of nitrogens with one attached hydrogen (secondary N) is 1. The highest BCUT2D eigenvalue weighted by Crippen LogP contribution is 2.27. The van der Waals surface area contributed by atoms with Gasteiger partial charge in [0, 0.05) is 10.7 Å². The first-order valence-electron chi connectivity index (χ1n) is 7.66. The molecule has 0 aliphatic rings. The number of carbonyl (C=O) groups is 1. The molecule has 0 bridgehead atoms. The molecular weight excluding hydrogens is 310 g/mol. The van der Waals surface area contributed by atoms with Gasteiger partial charge in [-0.2, -0.15) is 0 Å². The normalized spacial score (nSPS) is 10.7. The standard InChI is InChI=1S/C19H22ClNO2/c1-12(2)16-7-5-6-13(3)19(16)21-18(22)11-23-17-9-8-15(20)10-14(17)4/h5-10,12H,11H2,1-4H3,(H,21,22). The fourth-order valence-electron chi connectivity index (χ4n) is 2.44. The van der Waals surface area contributed by atoms with E-state index in [9.17, 15) is 4.79 Å². The highest BCUT2D eigenvalue weighted by molar-refractivity contribution is 6.30. The van der Waals surface area contributed by atoms with Crippen LogP contribution in [0.15, 0.2) is 36.4 Å². The third-order valence-corrected chi connectivity index (χ3v) is 3.92. The van der Waals surface area contributed by atoms with E-state index < -0.39 is 0 Å². The van der Waals surface area contributed by atoms with E-state index in [1.807, 2.05) is 38.1 Å². The van der Waals surface area contributed by atoms with Gasteiger partial charge in [-0.3, -0.25) is 4.79 Å². The number of anilines is 1. The molecule has 4 heteroatoms. The van der Waals surface area contributed by atoms with Crippen LogP contribution in [0.3, 0.4) is 0 Å². The molecule has 0 aliphatic carbocycles. The van der Waals surface area contributed by atoms with E-state index in [-0.39, 0.29) is 12.5 Å². The number of halogens is 1. The molecule has 0 aliphatic heterocycles. The quantitative estimate of drug-likeness (QED) is 0.828. The number of hydrogen-bond acceptors (Lipinski definition) is 2. The lowest BCUT2D eigenvalue weighted by Gasteiger charge is -2.17. The summed E-state index contributed by atoms with van der Waals surface area (Å²) in [6.45, 7) is 8.08. The monoisotopic (exact) mass is 331 g/mol. The Morgan fingerprint density at radius 1 is 1.17 bits per heavy atom. The van der Waals surface area contributed by atoms with Gasteiger partial charge in [-0.15, -0.1) is 0 Å². The number of para-hydroxylation sites is 1. The SMILES string of the molecule is Cc1cc(Cl)ccc1OCC(=O)Nc1c(C)cccc1C(C)C. The number of carbonyl (C=O) groups excluding carboxylic acids is 1. The van der Waals surface area contributed by atoms with Gasteiger partial charge in [0.05, 0.1) is 0 Å². The largest absolute Gasteiger partial charge is 0.483 e. The smallest absolute Gasteiger partial charge is 0.262 e. The average Bonchev–Trinajstić information content (AvgIpc) is 2.48. The Hall–Kier alpha value is -2.00. The number of amides is 1. The third kappa shape index (κ3) is 4.49. The first-order valence-corrected chi connectivity index (χ1v) is 8.04. The Balaban J connectivity index is 2.06. The Labute approximate surface area is 142 Å². The number of ether oxygens (including phenoxy) is 1. The van der Waals surface area contributed by atoms with Crippen molar-refractivity contribution in [3.63, 3.8) is 0 Å². The van der Waals surface area contributed by atoms with Crippen molar-refractivity contribution in [3.05, 3.63) is 58.1 Å². The van der Waals surface area contributed by atoms with E-state index in [0.29, 0.717) is 16.7 Å². The lowest BCUT2D eigenvalue weighted by Crippen LogP contribution is -2.22. The second-order valence-corrected chi connectivity index (χ2v) is 6.38. The summed E-state index contributed by atoms with van der Waals surface area (Å²) in [5, 5.41) is 3.62. The average molecular weight is 332 g/mol. The highest BCUT2D eigenvalue weighted by Gasteiger charge is 2.12. The molecule has 0 aromatic heterocycles. The minimum atomic E-state index is -0.171. The minimum Gasteiger partial charge on any atom is -0.483 e. The zero-order chi connectivity index (χ0) is 17.0. The van der Waals surface area contributed by atoms with Gasteiger partial charge in [-0.1, -0.05) is 43.6 Å². The van der Waals surface area contributed by atoms with Crippen molar-refractivity contribution in [2.45, 2.75) is 33.6 Å². The van der Waals surface area contributed by atoms with Crippen molar-refractivity contribution < 1.29 is 9.53 Å². The summed E-state index contributed by atoms with van der Waals surface area (Å²) < 4.78 is 5.60. The van der Waals surface area contributed by atoms with Crippen LogP contribution in [-0.4, -0.2) is 12.5 Å². The maximum atomic E-state index is 12.2. The summed E-state index contributed by atoms with van der Waals surface area (Å²) in [5.74, 6) is 0.832. The van der Waals surface area contributed by atoms with Crippen LogP contribution in [0.4, 0.5) is 5.69 Å². The molecule has 2 aromatic carbocycles. The maximum absolute atomic E-state index is 12.2. The van der Waals surface area contributed by atoms with Gasteiger partial charge in [-0.05, 0) is 54.7 Å². The van der Waals surface area contributed by atoms with Crippen molar-refractivity contribution in [2.24, 2.45) is 0 Å². The second kappa shape index (κ2) is 7.51. The molecular formula is C19H22ClNO2. The summed E-state index contributed by atoms with van der Waals surface area (Å²) in [5.41, 5.74) is 3.96. The van der Waals surface area contributed by atoms with Gasteiger partial charge in [0.15, 0.2) is 6.61 Å². The molecule has 2 rings (SSSR count). The third-order valence-electron chi connectivity index (χ3n) is 3.69. The topological polar surface area (TPSA) is 38.3 Å². The van der Waals surface area contributed by atoms with E-state index in [4.69, 9.17) is 16.3 Å². The van der Waals surface area contributed by atoms with E-state index in [2.05, 4.69) is 19.2 Å². The zero-order valence-electron chi connectivity index (χ0n) is 13.9. The fourth-order valence-corrected chi connectivity index (χ4v) is 2.66. The zero-order valence-corrected chi connectivity index (χ0v) is 14.7. The van der Waals surface area contributed by atoms with Gasteiger partial charge >= 0.3 is 0 Å². The van der Waals surface area contributed by atoms with Crippen molar-refractivity contribution in [1.82, 2.24) is 0 Å². The summed E-state index contributed by atoms with van der Waals surface area (Å²) in [4.78, 5) is 12.2. The molecule has 1 amide bonds. The first kappa shape index (κ1) is 17.4. The van der Waals surface area contributed by atoms with E-state index in [1.54, 1.807) is 12.1 Å². The molecule has 2 aromatic rings. The lowest BCUT2D eigenvalue weighted by atomic mass is 9.98. The molecule has 0 unspecified atom stereocenters. The van der Waals surface area contributed by atoms with Crippen LogP contribution >= 0.6 is 11.6 Å². The van der Waals surface area contributed by atoms with Gasteiger partial charge in [0.2, 0.25) is 0 Å². The van der Waals surface area contributed by atoms with Crippen LogP contribution in [0.25, 0.3) is 0 Å². The number of benzene rings is 2. The molecule has 0 radical (unpaired) electrons. The molecule has 122 valence electrons. The van der Waals surface area contributed by atoms with E-state index in [0.717, 1.165) is 22.4 Å². The Bertz CT molecular complexity index is 711. The molecule has 0 heterocycles. The Morgan fingerprint density at radius 2 is 1.91 bits per heavy atom. The molecule has 0 saturated heterocycles. The van der Waals surface area contributed by atoms with Crippen molar-refractivity contribution in [1.29, 1.82) is 0 Å². The van der Waals surface area contributed by atoms with Crippen molar-refractivity contribution in [2.75, 3.05) is 11.9 Å².